The standard InChI is InChI=1S/C13H19N3O3/c1-13(2,3)8-4-6-9(7-5-8)19-11(16-15)10(14)12(17)18/h4-7,16H,14-15H2,1-3H3,(H,17,18)/b11-10+. The zero-order valence-electron chi connectivity index (χ0n) is 11.2. The first-order chi connectivity index (χ1) is 8.75. The van der Waals surface area contributed by atoms with Gasteiger partial charge in [0.2, 0.25) is 5.88 Å². The Balaban J connectivity index is 2.95. The Hall–Kier alpha value is -2.21. The third-order valence-corrected chi connectivity index (χ3v) is 2.55. The van der Waals surface area contributed by atoms with Crippen LogP contribution in [0, 0.1) is 0 Å². The molecule has 0 radical (unpaired) electrons. The van der Waals surface area contributed by atoms with Gasteiger partial charge in [0.15, 0.2) is 5.70 Å². The monoisotopic (exact) mass is 265 g/mol. The van der Waals surface area contributed by atoms with Gasteiger partial charge in [-0.05, 0) is 23.1 Å². The number of hydrazine groups is 1. The molecule has 0 fully saturated rings. The molecule has 0 heterocycles. The van der Waals surface area contributed by atoms with Crippen LogP contribution in [-0.2, 0) is 10.2 Å². The normalized spacial score (nSPS) is 12.6. The first-order valence-corrected chi connectivity index (χ1v) is 5.73. The van der Waals surface area contributed by atoms with E-state index in [1.807, 2.05) is 12.1 Å². The van der Waals surface area contributed by atoms with Crippen molar-refractivity contribution in [3.05, 3.63) is 41.4 Å². The number of carbonyl (C=O) groups is 1. The predicted octanol–water partition coefficient (Wildman–Crippen LogP) is 1.04. The van der Waals surface area contributed by atoms with Crippen LogP contribution in [0.1, 0.15) is 26.3 Å². The number of nitrogens with one attached hydrogen (secondary N) is 1. The summed E-state index contributed by atoms with van der Waals surface area (Å²) in [6, 6.07) is 7.26. The fourth-order valence-corrected chi connectivity index (χ4v) is 1.40. The highest BCUT2D eigenvalue weighted by Gasteiger charge is 2.15. The molecule has 6 heteroatoms. The van der Waals surface area contributed by atoms with Crippen molar-refractivity contribution >= 4 is 5.97 Å². The molecule has 1 aromatic rings. The van der Waals surface area contributed by atoms with Crippen LogP contribution in [0.4, 0.5) is 0 Å². The van der Waals surface area contributed by atoms with Gasteiger partial charge in [-0.1, -0.05) is 32.9 Å². The number of hydrogen-bond donors (Lipinski definition) is 4. The Morgan fingerprint density at radius 2 is 1.79 bits per heavy atom. The zero-order chi connectivity index (χ0) is 14.6. The van der Waals surface area contributed by atoms with Crippen molar-refractivity contribution in [1.29, 1.82) is 0 Å². The molecule has 0 aromatic heterocycles. The van der Waals surface area contributed by atoms with Crippen LogP contribution in [-0.4, -0.2) is 11.1 Å². The molecule has 0 saturated carbocycles. The van der Waals surface area contributed by atoms with E-state index < -0.39 is 11.7 Å². The lowest BCUT2D eigenvalue weighted by molar-refractivity contribution is -0.132. The molecule has 1 rings (SSSR count). The second kappa shape index (κ2) is 5.62. The number of ether oxygens (including phenoxy) is 1. The highest BCUT2D eigenvalue weighted by atomic mass is 16.5. The molecule has 104 valence electrons. The maximum Gasteiger partial charge on any atom is 0.357 e. The van der Waals surface area contributed by atoms with Gasteiger partial charge in [-0.15, -0.1) is 0 Å². The van der Waals surface area contributed by atoms with Gasteiger partial charge >= 0.3 is 5.97 Å². The van der Waals surface area contributed by atoms with Crippen molar-refractivity contribution in [2.75, 3.05) is 0 Å². The first-order valence-electron chi connectivity index (χ1n) is 5.73. The second-order valence-electron chi connectivity index (χ2n) is 5.07. The minimum absolute atomic E-state index is 0.0312. The molecule has 0 atom stereocenters. The SMILES string of the molecule is CC(C)(C)c1ccc(O/C(NN)=C(/N)C(=O)O)cc1. The van der Waals surface area contributed by atoms with E-state index in [2.05, 4.69) is 26.2 Å². The summed E-state index contributed by atoms with van der Waals surface area (Å²) in [6.07, 6.45) is 0. The largest absolute Gasteiger partial charge is 0.476 e. The molecule has 0 unspecified atom stereocenters. The van der Waals surface area contributed by atoms with Gasteiger partial charge in [-0.2, -0.15) is 0 Å². The van der Waals surface area contributed by atoms with Crippen LogP contribution in [0.25, 0.3) is 0 Å². The number of carboxylic acid groups (broad SMARTS) is 1. The molecule has 6 N–H and O–H groups in total. The summed E-state index contributed by atoms with van der Waals surface area (Å²) in [5.41, 5.74) is 8.14. The Bertz CT molecular complexity index is 487. The van der Waals surface area contributed by atoms with E-state index in [0.717, 1.165) is 5.56 Å². The van der Waals surface area contributed by atoms with E-state index in [1.54, 1.807) is 12.1 Å². The number of nitrogens with two attached hydrogens (primary N) is 2. The van der Waals surface area contributed by atoms with Gasteiger partial charge < -0.3 is 15.6 Å². The van der Waals surface area contributed by atoms with Crippen molar-refractivity contribution in [1.82, 2.24) is 5.43 Å². The van der Waals surface area contributed by atoms with E-state index in [9.17, 15) is 4.79 Å². The number of carboxylic acids is 1. The molecule has 0 aliphatic rings. The van der Waals surface area contributed by atoms with Gasteiger partial charge in [0.1, 0.15) is 5.75 Å². The average Bonchev–Trinajstić information content (AvgIpc) is 2.34. The van der Waals surface area contributed by atoms with Gasteiger partial charge in [0.05, 0.1) is 0 Å². The summed E-state index contributed by atoms with van der Waals surface area (Å²) in [7, 11) is 0. The molecule has 0 amide bonds. The minimum atomic E-state index is -1.31. The van der Waals surface area contributed by atoms with Gasteiger partial charge in [0, 0.05) is 0 Å². The van der Waals surface area contributed by atoms with E-state index >= 15 is 0 Å². The molecular formula is C13H19N3O3. The molecular weight excluding hydrogens is 246 g/mol. The average molecular weight is 265 g/mol. The van der Waals surface area contributed by atoms with Gasteiger partial charge in [-0.3, -0.25) is 5.43 Å². The molecule has 0 bridgehead atoms. The summed E-state index contributed by atoms with van der Waals surface area (Å²) in [6.45, 7) is 6.29. The summed E-state index contributed by atoms with van der Waals surface area (Å²) in [5.74, 6) is 4.13. The van der Waals surface area contributed by atoms with Crippen molar-refractivity contribution in [3.8, 4) is 5.75 Å². The lowest BCUT2D eigenvalue weighted by Crippen LogP contribution is -2.31. The molecule has 19 heavy (non-hydrogen) atoms. The number of benzene rings is 1. The van der Waals surface area contributed by atoms with E-state index in [4.69, 9.17) is 21.4 Å². The highest BCUT2D eigenvalue weighted by molar-refractivity contribution is 5.85. The van der Waals surface area contributed by atoms with Crippen LogP contribution >= 0.6 is 0 Å². The Labute approximate surface area is 112 Å². The fourth-order valence-electron chi connectivity index (χ4n) is 1.40. The molecule has 0 spiro atoms. The topological polar surface area (TPSA) is 111 Å². The van der Waals surface area contributed by atoms with E-state index in [1.165, 1.54) is 0 Å². The summed E-state index contributed by atoms with van der Waals surface area (Å²) < 4.78 is 5.29. The van der Waals surface area contributed by atoms with Crippen LogP contribution in [0.3, 0.4) is 0 Å². The summed E-state index contributed by atoms with van der Waals surface area (Å²) >= 11 is 0. The summed E-state index contributed by atoms with van der Waals surface area (Å²) in [5, 5.41) is 8.75. The highest BCUT2D eigenvalue weighted by Crippen LogP contribution is 2.24. The second-order valence-corrected chi connectivity index (χ2v) is 5.07. The quantitative estimate of drug-likeness (QED) is 0.280. The molecule has 1 aromatic carbocycles. The summed E-state index contributed by atoms with van der Waals surface area (Å²) in [4.78, 5) is 10.7. The third kappa shape index (κ3) is 3.89. The van der Waals surface area contributed by atoms with Crippen LogP contribution in [0.5, 0.6) is 5.75 Å². The van der Waals surface area contributed by atoms with Crippen molar-refractivity contribution in [3.63, 3.8) is 0 Å². The smallest absolute Gasteiger partial charge is 0.357 e. The molecule has 0 aliphatic carbocycles. The van der Waals surface area contributed by atoms with Crippen molar-refractivity contribution < 1.29 is 14.6 Å². The van der Waals surface area contributed by atoms with E-state index in [-0.39, 0.29) is 11.3 Å². The maximum atomic E-state index is 10.7. The molecule has 0 aliphatic heterocycles. The third-order valence-electron chi connectivity index (χ3n) is 2.55. The van der Waals surface area contributed by atoms with Gasteiger partial charge in [-0.25, -0.2) is 10.6 Å². The lowest BCUT2D eigenvalue weighted by Gasteiger charge is -2.19. The van der Waals surface area contributed by atoms with Crippen molar-refractivity contribution in [2.45, 2.75) is 26.2 Å². The Kier molecular flexibility index (Phi) is 4.39. The number of hydrogen-bond acceptors (Lipinski definition) is 5. The molecule has 0 saturated heterocycles. The van der Waals surface area contributed by atoms with Crippen molar-refractivity contribution in [2.24, 2.45) is 11.6 Å². The minimum Gasteiger partial charge on any atom is -0.476 e. The van der Waals surface area contributed by atoms with Crippen LogP contribution < -0.4 is 21.7 Å². The first kappa shape index (κ1) is 14.8. The zero-order valence-corrected chi connectivity index (χ0v) is 11.2. The maximum absolute atomic E-state index is 10.7. The number of rotatable bonds is 4. The fraction of sp³-hybridized carbons (Fsp3) is 0.308. The Morgan fingerprint density at radius 3 is 2.16 bits per heavy atom. The van der Waals surface area contributed by atoms with Crippen LogP contribution in [0.15, 0.2) is 35.8 Å². The Morgan fingerprint density at radius 1 is 1.26 bits per heavy atom. The van der Waals surface area contributed by atoms with Gasteiger partial charge in [0.25, 0.3) is 0 Å². The molecule has 6 nitrogen and oxygen atoms in total. The predicted molar refractivity (Wildman–Crippen MR) is 71.9 cm³/mol. The number of aliphatic carboxylic acids is 1. The van der Waals surface area contributed by atoms with E-state index in [0.29, 0.717) is 5.75 Å². The lowest BCUT2D eigenvalue weighted by atomic mass is 9.87. The van der Waals surface area contributed by atoms with Crippen LogP contribution in [0.2, 0.25) is 0 Å².